The highest BCUT2D eigenvalue weighted by Crippen LogP contribution is 2.17. The third-order valence-electron chi connectivity index (χ3n) is 2.95. The molecule has 0 aromatic heterocycles. The van der Waals surface area contributed by atoms with E-state index in [1.807, 2.05) is 17.8 Å². The van der Waals surface area contributed by atoms with Crippen LogP contribution in [-0.2, 0) is 6.54 Å². The highest BCUT2D eigenvalue weighted by atomic mass is 32.2. The Kier molecular flexibility index (Phi) is 8.71. The van der Waals surface area contributed by atoms with Gasteiger partial charge in [0.25, 0.3) is 0 Å². The second kappa shape index (κ2) is 10.1. The van der Waals surface area contributed by atoms with E-state index in [9.17, 15) is 0 Å². The van der Waals surface area contributed by atoms with Crippen LogP contribution in [0.3, 0.4) is 0 Å². The van der Waals surface area contributed by atoms with Crippen molar-refractivity contribution in [3.8, 4) is 5.75 Å². The van der Waals surface area contributed by atoms with Gasteiger partial charge < -0.3 is 15.0 Å². The molecule has 0 unspecified atom stereocenters. The summed E-state index contributed by atoms with van der Waals surface area (Å²) in [4.78, 5) is 2.31. The lowest BCUT2D eigenvalue weighted by Gasteiger charge is -2.17. The van der Waals surface area contributed by atoms with E-state index in [4.69, 9.17) is 4.74 Å². The van der Waals surface area contributed by atoms with Crippen molar-refractivity contribution in [2.45, 2.75) is 13.5 Å². The van der Waals surface area contributed by atoms with Gasteiger partial charge in [-0.1, -0.05) is 25.1 Å². The summed E-state index contributed by atoms with van der Waals surface area (Å²) in [7, 11) is 2.14. The summed E-state index contributed by atoms with van der Waals surface area (Å²) in [5.74, 6) is 2.18. The lowest BCUT2D eigenvalue weighted by molar-refractivity contribution is 0.243. The molecule has 0 atom stereocenters. The molecule has 0 aliphatic carbocycles. The average molecular weight is 282 g/mol. The van der Waals surface area contributed by atoms with Gasteiger partial charge in [-0.25, -0.2) is 0 Å². The van der Waals surface area contributed by atoms with Gasteiger partial charge >= 0.3 is 0 Å². The van der Waals surface area contributed by atoms with Crippen molar-refractivity contribution in [2.24, 2.45) is 0 Å². The molecule has 1 N–H and O–H groups in total. The molecule has 1 aromatic carbocycles. The maximum Gasteiger partial charge on any atom is 0.123 e. The topological polar surface area (TPSA) is 24.5 Å². The zero-order chi connectivity index (χ0) is 13.9. The zero-order valence-corrected chi connectivity index (χ0v) is 13.1. The normalized spacial score (nSPS) is 10.9. The van der Waals surface area contributed by atoms with Gasteiger partial charge in [-0.05, 0) is 25.9 Å². The number of hydrogen-bond donors (Lipinski definition) is 1. The highest BCUT2D eigenvalue weighted by molar-refractivity contribution is 7.98. The molecule has 1 aromatic rings. The van der Waals surface area contributed by atoms with Gasteiger partial charge in [-0.3, -0.25) is 0 Å². The summed E-state index contributed by atoms with van der Waals surface area (Å²) in [6.07, 6.45) is 2.14. The van der Waals surface area contributed by atoms with E-state index in [0.29, 0.717) is 0 Å². The number of nitrogens with one attached hydrogen (secondary N) is 1. The molecule has 0 amide bonds. The number of benzene rings is 1. The highest BCUT2D eigenvalue weighted by Gasteiger charge is 2.03. The molecule has 0 aliphatic heterocycles. The minimum absolute atomic E-state index is 0.744. The lowest BCUT2D eigenvalue weighted by Crippen LogP contribution is -2.26. The number of para-hydroxylation sites is 1. The van der Waals surface area contributed by atoms with Crippen LogP contribution in [0, 0.1) is 0 Å². The van der Waals surface area contributed by atoms with Crippen LogP contribution in [-0.4, -0.2) is 50.2 Å². The molecule has 1 rings (SSSR count). The van der Waals surface area contributed by atoms with E-state index in [1.165, 1.54) is 11.3 Å². The van der Waals surface area contributed by atoms with E-state index >= 15 is 0 Å². The summed E-state index contributed by atoms with van der Waals surface area (Å²) in [5.41, 5.74) is 1.23. The Balaban J connectivity index is 2.35. The summed E-state index contributed by atoms with van der Waals surface area (Å²) in [6.45, 7) is 6.79. The Morgan fingerprint density at radius 2 is 2.05 bits per heavy atom. The maximum atomic E-state index is 5.90. The number of ether oxygens (including phenoxy) is 1. The second-order valence-electron chi connectivity index (χ2n) is 4.53. The zero-order valence-electron chi connectivity index (χ0n) is 12.3. The largest absolute Gasteiger partial charge is 0.492 e. The smallest absolute Gasteiger partial charge is 0.123 e. The molecule has 0 saturated heterocycles. The van der Waals surface area contributed by atoms with E-state index in [0.717, 1.165) is 38.5 Å². The van der Waals surface area contributed by atoms with Crippen LogP contribution in [0.1, 0.15) is 12.5 Å². The SMILES string of the molecule is CCNCc1ccccc1OCCN(C)CCSC. The number of thioether (sulfide) groups is 1. The monoisotopic (exact) mass is 282 g/mol. The molecular weight excluding hydrogens is 256 g/mol. The van der Waals surface area contributed by atoms with Crippen LogP contribution in [0.5, 0.6) is 5.75 Å². The Hall–Kier alpha value is -0.710. The van der Waals surface area contributed by atoms with Crippen LogP contribution < -0.4 is 10.1 Å². The van der Waals surface area contributed by atoms with Gasteiger partial charge in [-0.15, -0.1) is 0 Å². The van der Waals surface area contributed by atoms with Crippen LogP contribution in [0.4, 0.5) is 0 Å². The van der Waals surface area contributed by atoms with Gasteiger partial charge in [0.1, 0.15) is 12.4 Å². The summed E-state index contributed by atoms with van der Waals surface area (Å²) in [5, 5.41) is 3.34. The molecule has 108 valence electrons. The number of nitrogens with zero attached hydrogens (tertiary/aromatic N) is 1. The minimum Gasteiger partial charge on any atom is -0.492 e. The molecule has 0 radical (unpaired) electrons. The van der Waals surface area contributed by atoms with E-state index in [2.05, 4.69) is 48.6 Å². The van der Waals surface area contributed by atoms with Gasteiger partial charge in [0.15, 0.2) is 0 Å². The predicted molar refractivity (Wildman–Crippen MR) is 85.2 cm³/mol. The van der Waals surface area contributed by atoms with E-state index in [1.54, 1.807) is 0 Å². The molecule has 19 heavy (non-hydrogen) atoms. The maximum absolute atomic E-state index is 5.90. The van der Waals surface area contributed by atoms with Crippen LogP contribution >= 0.6 is 11.8 Å². The Bertz CT molecular complexity index is 347. The van der Waals surface area contributed by atoms with Crippen LogP contribution in [0.15, 0.2) is 24.3 Å². The first-order valence-electron chi connectivity index (χ1n) is 6.86. The Morgan fingerprint density at radius 3 is 2.79 bits per heavy atom. The fourth-order valence-corrected chi connectivity index (χ4v) is 2.21. The van der Waals surface area contributed by atoms with E-state index < -0.39 is 0 Å². The van der Waals surface area contributed by atoms with Crippen LogP contribution in [0.25, 0.3) is 0 Å². The van der Waals surface area contributed by atoms with Crippen molar-refractivity contribution in [1.82, 2.24) is 10.2 Å². The van der Waals surface area contributed by atoms with Gasteiger partial charge in [0, 0.05) is 31.0 Å². The molecule has 0 bridgehead atoms. The molecule has 0 saturated carbocycles. The lowest BCUT2D eigenvalue weighted by atomic mass is 10.2. The van der Waals surface area contributed by atoms with E-state index in [-0.39, 0.29) is 0 Å². The average Bonchev–Trinajstić information content (AvgIpc) is 2.44. The summed E-state index contributed by atoms with van der Waals surface area (Å²) < 4.78 is 5.90. The third-order valence-corrected chi connectivity index (χ3v) is 3.54. The molecule has 4 heteroatoms. The van der Waals surface area contributed by atoms with Crippen molar-refractivity contribution < 1.29 is 4.74 Å². The Labute approximate surface area is 121 Å². The van der Waals surface area contributed by atoms with Gasteiger partial charge in [-0.2, -0.15) is 11.8 Å². The molecule has 0 aliphatic rings. The molecule has 0 fully saturated rings. The first kappa shape index (κ1) is 16.3. The molecule has 3 nitrogen and oxygen atoms in total. The third kappa shape index (κ3) is 6.85. The fourth-order valence-electron chi connectivity index (χ4n) is 1.72. The summed E-state index contributed by atoms with van der Waals surface area (Å²) in [6, 6.07) is 8.26. The molecule has 0 spiro atoms. The molecular formula is C15H26N2OS. The Morgan fingerprint density at radius 1 is 1.26 bits per heavy atom. The first-order chi connectivity index (χ1) is 9.27. The van der Waals surface area contributed by atoms with Crippen molar-refractivity contribution in [3.05, 3.63) is 29.8 Å². The van der Waals surface area contributed by atoms with Crippen molar-refractivity contribution in [2.75, 3.05) is 45.3 Å². The quantitative estimate of drug-likeness (QED) is 0.712. The van der Waals surface area contributed by atoms with Gasteiger partial charge in [0.2, 0.25) is 0 Å². The summed E-state index contributed by atoms with van der Waals surface area (Å²) >= 11 is 1.88. The number of rotatable bonds is 10. The van der Waals surface area contributed by atoms with Crippen LogP contribution in [0.2, 0.25) is 0 Å². The second-order valence-corrected chi connectivity index (χ2v) is 5.52. The van der Waals surface area contributed by atoms with Crippen molar-refractivity contribution in [3.63, 3.8) is 0 Å². The van der Waals surface area contributed by atoms with Crippen molar-refractivity contribution in [1.29, 1.82) is 0 Å². The standard InChI is InChI=1S/C15H26N2OS/c1-4-16-13-14-7-5-6-8-15(14)18-11-9-17(2)10-12-19-3/h5-8,16H,4,9-13H2,1-3H3. The minimum atomic E-state index is 0.744. The number of likely N-dealkylation sites (N-methyl/N-ethyl adjacent to an activating group) is 1. The fraction of sp³-hybridized carbons (Fsp3) is 0.600. The first-order valence-corrected chi connectivity index (χ1v) is 8.26. The molecule has 0 heterocycles. The predicted octanol–water partition coefficient (Wildman–Crippen LogP) is 2.47. The van der Waals surface area contributed by atoms with Gasteiger partial charge in [0.05, 0.1) is 0 Å². The van der Waals surface area contributed by atoms with Crippen molar-refractivity contribution >= 4 is 11.8 Å². The number of hydrogen-bond acceptors (Lipinski definition) is 4.